The fourth-order valence-corrected chi connectivity index (χ4v) is 2.10. The first-order valence-electron chi connectivity index (χ1n) is 5.75. The summed E-state index contributed by atoms with van der Waals surface area (Å²) in [5, 5.41) is 0.945. The molecule has 3 nitrogen and oxygen atoms in total. The Morgan fingerprint density at radius 3 is 2.65 bits per heavy atom. The highest BCUT2D eigenvalue weighted by Gasteiger charge is 2.19. The fourth-order valence-electron chi connectivity index (χ4n) is 2.10. The van der Waals surface area contributed by atoms with Gasteiger partial charge in [-0.25, -0.2) is 0 Å². The molecule has 3 heteroatoms. The number of ether oxygens (including phenoxy) is 1. The lowest BCUT2D eigenvalue weighted by molar-refractivity contribution is 0.0940. The minimum absolute atomic E-state index is 0.00102. The van der Waals surface area contributed by atoms with Gasteiger partial charge in [0.25, 0.3) is 0 Å². The number of nitrogens with one attached hydrogen (secondary N) is 1. The summed E-state index contributed by atoms with van der Waals surface area (Å²) in [4.78, 5) is 15.4. The molecule has 1 aromatic heterocycles. The molecule has 0 atom stereocenters. The number of rotatable bonds is 3. The summed E-state index contributed by atoms with van der Waals surface area (Å²) in [6, 6.07) is 5.75. The minimum Gasteiger partial charge on any atom is -0.495 e. The standard InChI is InChI=1S/C14H17NO2/c1-8(2)14(16)12-9(3)15-13-10(12)6-5-7-11(13)17-4/h5-8,15H,1-4H3. The van der Waals surface area contributed by atoms with Gasteiger partial charge in [0.1, 0.15) is 5.75 Å². The van der Waals surface area contributed by atoms with Gasteiger partial charge in [-0.15, -0.1) is 0 Å². The average Bonchev–Trinajstić information content (AvgIpc) is 2.63. The van der Waals surface area contributed by atoms with Crippen LogP contribution >= 0.6 is 0 Å². The summed E-state index contributed by atoms with van der Waals surface area (Å²) in [5.41, 5.74) is 2.59. The third kappa shape index (κ3) is 1.82. The number of Topliss-reactive ketones (excluding diaryl/α,β-unsaturated/α-hetero) is 1. The van der Waals surface area contributed by atoms with Gasteiger partial charge in [0.15, 0.2) is 5.78 Å². The van der Waals surface area contributed by atoms with E-state index < -0.39 is 0 Å². The molecule has 2 aromatic rings. The number of para-hydroxylation sites is 1. The monoisotopic (exact) mass is 231 g/mol. The quantitative estimate of drug-likeness (QED) is 0.823. The number of hydrogen-bond acceptors (Lipinski definition) is 2. The molecule has 90 valence electrons. The number of ketones is 1. The SMILES string of the molecule is COc1cccc2c(C(=O)C(C)C)c(C)[nH]c12. The van der Waals surface area contributed by atoms with Crippen LogP contribution in [0.5, 0.6) is 5.75 Å². The van der Waals surface area contributed by atoms with Crippen molar-refractivity contribution >= 4 is 16.7 Å². The summed E-state index contributed by atoms with van der Waals surface area (Å²) in [7, 11) is 1.63. The van der Waals surface area contributed by atoms with Crippen LogP contribution in [-0.4, -0.2) is 17.9 Å². The van der Waals surface area contributed by atoms with Gasteiger partial charge in [-0.05, 0) is 13.0 Å². The highest BCUT2D eigenvalue weighted by molar-refractivity contribution is 6.11. The van der Waals surface area contributed by atoms with E-state index >= 15 is 0 Å². The molecule has 0 aliphatic heterocycles. The van der Waals surface area contributed by atoms with Crippen molar-refractivity contribution in [1.29, 1.82) is 0 Å². The number of carbonyl (C=O) groups is 1. The van der Waals surface area contributed by atoms with Gasteiger partial charge < -0.3 is 9.72 Å². The molecule has 0 aliphatic rings. The van der Waals surface area contributed by atoms with Gasteiger partial charge in [-0.2, -0.15) is 0 Å². The molecule has 1 aromatic carbocycles. The third-order valence-electron chi connectivity index (χ3n) is 2.97. The number of aryl methyl sites for hydroxylation is 1. The Morgan fingerprint density at radius 2 is 2.06 bits per heavy atom. The van der Waals surface area contributed by atoms with E-state index in [0.29, 0.717) is 0 Å². The molecule has 0 fully saturated rings. The first-order chi connectivity index (χ1) is 8.06. The maximum absolute atomic E-state index is 12.2. The number of H-pyrrole nitrogens is 1. The lowest BCUT2D eigenvalue weighted by atomic mass is 9.98. The minimum atomic E-state index is -0.00102. The number of carbonyl (C=O) groups excluding carboxylic acids is 1. The Morgan fingerprint density at radius 1 is 1.35 bits per heavy atom. The summed E-state index contributed by atoms with van der Waals surface area (Å²) < 4.78 is 5.29. The van der Waals surface area contributed by atoms with Crippen LogP contribution in [0.4, 0.5) is 0 Å². The van der Waals surface area contributed by atoms with Gasteiger partial charge in [-0.1, -0.05) is 26.0 Å². The van der Waals surface area contributed by atoms with Crippen molar-refractivity contribution in [3.05, 3.63) is 29.5 Å². The Kier molecular flexibility index (Phi) is 2.92. The second-order valence-electron chi connectivity index (χ2n) is 4.53. The van der Waals surface area contributed by atoms with Gasteiger partial charge >= 0.3 is 0 Å². The smallest absolute Gasteiger partial charge is 0.167 e. The van der Waals surface area contributed by atoms with Crippen LogP contribution in [0.1, 0.15) is 29.9 Å². The predicted molar refractivity (Wildman–Crippen MR) is 68.8 cm³/mol. The Labute approximate surface area is 101 Å². The van der Waals surface area contributed by atoms with E-state index in [9.17, 15) is 4.79 Å². The molecule has 2 rings (SSSR count). The molecule has 1 heterocycles. The number of aromatic nitrogens is 1. The number of hydrogen-bond donors (Lipinski definition) is 1. The molecular formula is C14H17NO2. The van der Waals surface area contributed by atoms with Gasteiger partial charge in [0.2, 0.25) is 0 Å². The van der Waals surface area contributed by atoms with Crippen molar-refractivity contribution in [2.24, 2.45) is 5.92 Å². The van der Waals surface area contributed by atoms with Crippen LogP contribution in [0.25, 0.3) is 10.9 Å². The maximum atomic E-state index is 12.2. The number of fused-ring (bicyclic) bond motifs is 1. The topological polar surface area (TPSA) is 42.1 Å². The molecule has 1 N–H and O–H groups in total. The zero-order chi connectivity index (χ0) is 12.6. The average molecular weight is 231 g/mol. The molecule has 0 amide bonds. The highest BCUT2D eigenvalue weighted by atomic mass is 16.5. The van der Waals surface area contributed by atoms with E-state index in [1.807, 2.05) is 39.0 Å². The van der Waals surface area contributed by atoms with Crippen molar-refractivity contribution in [1.82, 2.24) is 4.98 Å². The first kappa shape index (κ1) is 11.7. The normalized spacial score (nSPS) is 11.1. The van der Waals surface area contributed by atoms with Crippen molar-refractivity contribution in [3.8, 4) is 5.75 Å². The first-order valence-corrected chi connectivity index (χ1v) is 5.75. The molecule has 17 heavy (non-hydrogen) atoms. The molecule has 0 bridgehead atoms. The lowest BCUT2D eigenvalue weighted by Crippen LogP contribution is -2.08. The van der Waals surface area contributed by atoms with Gasteiger partial charge in [-0.3, -0.25) is 4.79 Å². The van der Waals surface area contributed by atoms with E-state index in [1.165, 1.54) is 0 Å². The van der Waals surface area contributed by atoms with Crippen LogP contribution in [0, 0.1) is 12.8 Å². The van der Waals surface area contributed by atoms with Crippen molar-refractivity contribution < 1.29 is 9.53 Å². The van der Waals surface area contributed by atoms with Crippen LogP contribution in [0.3, 0.4) is 0 Å². The van der Waals surface area contributed by atoms with E-state index in [4.69, 9.17) is 4.74 Å². The third-order valence-corrected chi connectivity index (χ3v) is 2.97. The van der Waals surface area contributed by atoms with E-state index in [0.717, 1.165) is 27.9 Å². The molecule has 0 spiro atoms. The van der Waals surface area contributed by atoms with E-state index in [1.54, 1.807) is 7.11 Å². The summed E-state index contributed by atoms with van der Waals surface area (Å²) in [6.07, 6.45) is 0. The second-order valence-corrected chi connectivity index (χ2v) is 4.53. The Balaban J connectivity index is 2.72. The van der Waals surface area contributed by atoms with E-state index in [2.05, 4.69) is 4.98 Å². The predicted octanol–water partition coefficient (Wildman–Crippen LogP) is 3.32. The van der Waals surface area contributed by atoms with Gasteiger partial charge in [0, 0.05) is 22.6 Å². The number of methoxy groups -OCH3 is 1. The van der Waals surface area contributed by atoms with Crippen LogP contribution in [-0.2, 0) is 0 Å². The van der Waals surface area contributed by atoms with Crippen molar-refractivity contribution in [3.63, 3.8) is 0 Å². The highest BCUT2D eigenvalue weighted by Crippen LogP contribution is 2.30. The summed E-state index contributed by atoms with van der Waals surface area (Å²) in [5.74, 6) is 0.939. The molecule has 0 saturated heterocycles. The zero-order valence-electron chi connectivity index (χ0n) is 10.6. The zero-order valence-corrected chi connectivity index (χ0v) is 10.6. The van der Waals surface area contributed by atoms with Crippen LogP contribution < -0.4 is 4.74 Å². The second kappa shape index (κ2) is 4.24. The van der Waals surface area contributed by atoms with Crippen LogP contribution in [0.2, 0.25) is 0 Å². The van der Waals surface area contributed by atoms with Gasteiger partial charge in [0.05, 0.1) is 12.6 Å². The number of benzene rings is 1. The summed E-state index contributed by atoms with van der Waals surface area (Å²) in [6.45, 7) is 5.76. The molecular weight excluding hydrogens is 214 g/mol. The molecule has 0 saturated carbocycles. The maximum Gasteiger partial charge on any atom is 0.167 e. The molecule has 0 unspecified atom stereocenters. The lowest BCUT2D eigenvalue weighted by Gasteiger charge is -2.04. The molecule has 0 aliphatic carbocycles. The molecule has 0 radical (unpaired) electrons. The van der Waals surface area contributed by atoms with Crippen LogP contribution in [0.15, 0.2) is 18.2 Å². The van der Waals surface area contributed by atoms with Crippen molar-refractivity contribution in [2.75, 3.05) is 7.11 Å². The Hall–Kier alpha value is -1.77. The fraction of sp³-hybridized carbons (Fsp3) is 0.357. The van der Waals surface area contributed by atoms with Crippen molar-refractivity contribution in [2.45, 2.75) is 20.8 Å². The number of aromatic amines is 1. The summed E-state index contributed by atoms with van der Waals surface area (Å²) >= 11 is 0. The largest absolute Gasteiger partial charge is 0.495 e. The Bertz CT molecular complexity index is 567. The van der Waals surface area contributed by atoms with E-state index in [-0.39, 0.29) is 11.7 Å².